The second-order valence-corrected chi connectivity index (χ2v) is 7.01. The Morgan fingerprint density at radius 3 is 2.78 bits per heavy atom. The highest BCUT2D eigenvalue weighted by molar-refractivity contribution is 7.09. The lowest BCUT2D eigenvalue weighted by Gasteiger charge is -2.22. The lowest BCUT2D eigenvalue weighted by Crippen LogP contribution is -2.32. The van der Waals surface area contributed by atoms with Gasteiger partial charge in [0.2, 0.25) is 0 Å². The number of rotatable bonds is 10. The van der Waals surface area contributed by atoms with Gasteiger partial charge < -0.3 is 14.4 Å². The molecule has 0 aliphatic carbocycles. The third-order valence-electron chi connectivity index (χ3n) is 3.64. The molecule has 146 valence electrons. The van der Waals surface area contributed by atoms with Gasteiger partial charge in [-0.2, -0.15) is 0 Å². The first kappa shape index (κ1) is 21.3. The molecule has 6 nitrogen and oxygen atoms in total. The summed E-state index contributed by atoms with van der Waals surface area (Å²) in [5.41, 5.74) is 0.780. The van der Waals surface area contributed by atoms with Crippen LogP contribution in [0.15, 0.2) is 29.6 Å². The molecule has 0 spiro atoms. The molecular formula is C19H23ClN2O4S. The molecule has 0 atom stereocenters. The Morgan fingerprint density at radius 1 is 1.26 bits per heavy atom. The van der Waals surface area contributed by atoms with Crippen molar-refractivity contribution in [2.24, 2.45) is 0 Å². The van der Waals surface area contributed by atoms with E-state index in [0.717, 1.165) is 0 Å². The first-order valence-electron chi connectivity index (χ1n) is 8.79. The minimum Gasteiger partial charge on any atom is -0.461 e. The monoisotopic (exact) mass is 410 g/mol. The van der Waals surface area contributed by atoms with Gasteiger partial charge >= 0.3 is 5.97 Å². The summed E-state index contributed by atoms with van der Waals surface area (Å²) in [6, 6.07) is 6.85. The molecule has 0 unspecified atom stereocenters. The lowest BCUT2D eigenvalue weighted by atomic mass is 10.2. The summed E-state index contributed by atoms with van der Waals surface area (Å²) in [6.45, 7) is 6.00. The Kier molecular flexibility index (Phi) is 8.71. The molecule has 27 heavy (non-hydrogen) atoms. The van der Waals surface area contributed by atoms with Crippen molar-refractivity contribution in [2.75, 3.05) is 26.4 Å². The Labute approximate surface area is 168 Å². The van der Waals surface area contributed by atoms with Crippen molar-refractivity contribution < 1.29 is 19.1 Å². The number of aromatic nitrogens is 1. The second kappa shape index (κ2) is 11.0. The van der Waals surface area contributed by atoms with Crippen LogP contribution in [-0.4, -0.2) is 48.1 Å². The number of carbonyl (C=O) groups excluding carboxylic acids is 2. The van der Waals surface area contributed by atoms with Gasteiger partial charge in [0.15, 0.2) is 5.69 Å². The highest BCUT2D eigenvalue weighted by Crippen LogP contribution is 2.18. The van der Waals surface area contributed by atoms with E-state index in [4.69, 9.17) is 21.1 Å². The fourth-order valence-corrected chi connectivity index (χ4v) is 3.37. The molecule has 0 aliphatic rings. The van der Waals surface area contributed by atoms with Gasteiger partial charge in [-0.15, -0.1) is 11.3 Å². The summed E-state index contributed by atoms with van der Waals surface area (Å²) in [4.78, 5) is 30.7. The zero-order valence-electron chi connectivity index (χ0n) is 15.4. The maximum atomic E-state index is 12.9. The van der Waals surface area contributed by atoms with Gasteiger partial charge in [0.25, 0.3) is 5.91 Å². The van der Waals surface area contributed by atoms with E-state index in [1.54, 1.807) is 41.5 Å². The van der Waals surface area contributed by atoms with Crippen molar-refractivity contribution in [3.05, 3.63) is 50.9 Å². The van der Waals surface area contributed by atoms with E-state index in [2.05, 4.69) is 4.98 Å². The predicted molar refractivity (Wildman–Crippen MR) is 105 cm³/mol. The highest BCUT2D eigenvalue weighted by Gasteiger charge is 2.19. The minimum absolute atomic E-state index is 0.137. The molecule has 0 saturated carbocycles. The third kappa shape index (κ3) is 6.61. The van der Waals surface area contributed by atoms with E-state index in [-0.39, 0.29) is 11.6 Å². The summed E-state index contributed by atoms with van der Waals surface area (Å²) in [5, 5.41) is 2.83. The van der Waals surface area contributed by atoms with Crippen LogP contribution in [0.4, 0.5) is 0 Å². The predicted octanol–water partition coefficient (Wildman–Crippen LogP) is 4.04. The van der Waals surface area contributed by atoms with Gasteiger partial charge in [0, 0.05) is 35.7 Å². The summed E-state index contributed by atoms with van der Waals surface area (Å²) < 4.78 is 10.3. The summed E-state index contributed by atoms with van der Waals surface area (Å²) in [6.07, 6.45) is 0.705. The largest absolute Gasteiger partial charge is 0.461 e. The fraction of sp³-hybridized carbons (Fsp3) is 0.421. The molecular weight excluding hydrogens is 388 g/mol. The molecule has 0 aliphatic heterocycles. The van der Waals surface area contributed by atoms with E-state index >= 15 is 0 Å². The van der Waals surface area contributed by atoms with Gasteiger partial charge in [0.05, 0.1) is 13.2 Å². The van der Waals surface area contributed by atoms with E-state index in [9.17, 15) is 9.59 Å². The maximum absolute atomic E-state index is 12.9. The van der Waals surface area contributed by atoms with Crippen molar-refractivity contribution in [3.63, 3.8) is 0 Å². The van der Waals surface area contributed by atoms with Crippen LogP contribution in [0.5, 0.6) is 0 Å². The molecule has 8 heteroatoms. The minimum atomic E-state index is -0.455. The standard InChI is InChI=1S/C19H23ClN2O4S/c1-3-25-10-6-9-22(18(23)14-7-5-8-15(20)11-14)12-17-21-16(13-27-17)19(24)26-4-2/h5,7-8,11,13H,3-4,6,9-10,12H2,1-2H3. The number of thiazole rings is 1. The number of carbonyl (C=O) groups is 2. The number of hydrogen-bond donors (Lipinski definition) is 0. The first-order valence-corrected chi connectivity index (χ1v) is 10.0. The maximum Gasteiger partial charge on any atom is 0.357 e. The van der Waals surface area contributed by atoms with E-state index in [1.165, 1.54) is 11.3 Å². The lowest BCUT2D eigenvalue weighted by molar-refractivity contribution is 0.0520. The molecule has 2 rings (SSSR count). The molecule has 1 aromatic carbocycles. The molecule has 1 heterocycles. The molecule has 0 N–H and O–H groups in total. The van der Waals surface area contributed by atoms with Crippen LogP contribution in [0.1, 0.15) is 46.1 Å². The number of ether oxygens (including phenoxy) is 2. The van der Waals surface area contributed by atoms with Gasteiger partial charge in [-0.3, -0.25) is 4.79 Å². The number of nitrogens with zero attached hydrogens (tertiary/aromatic N) is 2. The topological polar surface area (TPSA) is 68.7 Å². The number of esters is 1. The van der Waals surface area contributed by atoms with E-state index in [0.29, 0.717) is 54.9 Å². The number of halogens is 1. The zero-order chi connectivity index (χ0) is 19.6. The molecule has 0 fully saturated rings. The fourth-order valence-electron chi connectivity index (χ4n) is 2.40. The van der Waals surface area contributed by atoms with Gasteiger partial charge in [0.1, 0.15) is 5.01 Å². The Bertz CT molecular complexity index is 766. The Morgan fingerprint density at radius 2 is 2.07 bits per heavy atom. The van der Waals surface area contributed by atoms with Crippen molar-refractivity contribution in [1.82, 2.24) is 9.88 Å². The quantitative estimate of drug-likeness (QED) is 0.436. The van der Waals surface area contributed by atoms with Gasteiger partial charge in [-0.25, -0.2) is 9.78 Å². The normalized spacial score (nSPS) is 10.6. The van der Waals surface area contributed by atoms with E-state index < -0.39 is 5.97 Å². The number of hydrogen-bond acceptors (Lipinski definition) is 6. The molecule has 1 amide bonds. The SMILES string of the molecule is CCOCCCN(Cc1nc(C(=O)OCC)cs1)C(=O)c1cccc(Cl)c1. The summed E-state index contributed by atoms with van der Waals surface area (Å²) >= 11 is 7.34. The number of amides is 1. The van der Waals surface area contributed by atoms with Gasteiger partial charge in [-0.05, 0) is 38.5 Å². The van der Waals surface area contributed by atoms with Crippen LogP contribution in [0.25, 0.3) is 0 Å². The molecule has 2 aromatic rings. The Hall–Kier alpha value is -1.96. The average Bonchev–Trinajstić information content (AvgIpc) is 3.12. The van der Waals surface area contributed by atoms with E-state index in [1.807, 2.05) is 6.92 Å². The molecule has 0 saturated heterocycles. The molecule has 1 aromatic heterocycles. The number of benzene rings is 1. The molecule has 0 bridgehead atoms. The summed E-state index contributed by atoms with van der Waals surface area (Å²) in [7, 11) is 0. The smallest absolute Gasteiger partial charge is 0.357 e. The second-order valence-electron chi connectivity index (χ2n) is 5.63. The average molecular weight is 411 g/mol. The van der Waals surface area contributed by atoms with Crippen LogP contribution in [0, 0.1) is 0 Å². The van der Waals surface area contributed by atoms with Crippen molar-refractivity contribution in [1.29, 1.82) is 0 Å². The van der Waals surface area contributed by atoms with Crippen molar-refractivity contribution in [2.45, 2.75) is 26.8 Å². The Balaban J connectivity index is 2.12. The van der Waals surface area contributed by atoms with Crippen LogP contribution in [0.2, 0.25) is 5.02 Å². The van der Waals surface area contributed by atoms with Crippen LogP contribution in [-0.2, 0) is 16.0 Å². The van der Waals surface area contributed by atoms with Crippen molar-refractivity contribution >= 4 is 34.8 Å². The third-order valence-corrected chi connectivity index (χ3v) is 4.71. The van der Waals surface area contributed by atoms with Crippen LogP contribution < -0.4 is 0 Å². The first-order chi connectivity index (χ1) is 13.0. The van der Waals surface area contributed by atoms with Crippen LogP contribution in [0.3, 0.4) is 0 Å². The van der Waals surface area contributed by atoms with Crippen molar-refractivity contribution in [3.8, 4) is 0 Å². The van der Waals surface area contributed by atoms with Crippen LogP contribution >= 0.6 is 22.9 Å². The molecule has 0 radical (unpaired) electrons. The summed E-state index contributed by atoms with van der Waals surface area (Å²) in [5.74, 6) is -0.592. The van der Waals surface area contributed by atoms with Gasteiger partial charge in [-0.1, -0.05) is 17.7 Å². The highest BCUT2D eigenvalue weighted by atomic mass is 35.5. The zero-order valence-corrected chi connectivity index (χ0v) is 17.0.